The molecule has 0 heterocycles. The molecule has 0 saturated carbocycles. The molecule has 1 aromatic rings. The predicted octanol–water partition coefficient (Wildman–Crippen LogP) is 1.24. The second-order valence-corrected chi connectivity index (χ2v) is 4.24. The van der Waals surface area contributed by atoms with Crippen molar-refractivity contribution >= 4 is 35.1 Å². The summed E-state index contributed by atoms with van der Waals surface area (Å²) in [7, 11) is 0. The first-order chi connectivity index (χ1) is 9.40. The van der Waals surface area contributed by atoms with Crippen LogP contribution >= 0.6 is 11.6 Å². The van der Waals surface area contributed by atoms with Crippen molar-refractivity contribution in [1.82, 2.24) is 5.17 Å². The van der Waals surface area contributed by atoms with Crippen LogP contribution in [0.2, 0.25) is 5.02 Å². The topological polar surface area (TPSA) is 102 Å². The number of hydrogen-bond acceptors (Lipinski definition) is 5. The number of benzene rings is 1. The van der Waals surface area contributed by atoms with Crippen LogP contribution in [0.15, 0.2) is 24.3 Å². The minimum absolute atomic E-state index is 0.112. The lowest BCUT2D eigenvalue weighted by molar-refractivity contribution is -0.197. The summed E-state index contributed by atoms with van der Waals surface area (Å²) in [6.07, 6.45) is -0.306. The molecule has 1 rings (SSSR count). The Morgan fingerprint density at radius 3 is 2.55 bits per heavy atom. The van der Waals surface area contributed by atoms with Gasteiger partial charge in [0.15, 0.2) is 0 Å². The van der Waals surface area contributed by atoms with Crippen LogP contribution in [-0.2, 0) is 19.2 Å². The zero-order valence-electron chi connectivity index (χ0n) is 10.8. The summed E-state index contributed by atoms with van der Waals surface area (Å²) in [4.78, 5) is 38.0. The van der Waals surface area contributed by atoms with Gasteiger partial charge in [0.25, 0.3) is 5.91 Å². The van der Waals surface area contributed by atoms with Crippen LogP contribution in [0.5, 0.6) is 0 Å². The van der Waals surface area contributed by atoms with E-state index in [1.165, 1.54) is 0 Å². The fraction of sp³-hybridized carbons (Fsp3) is 0.250. The Morgan fingerprint density at radius 1 is 1.30 bits per heavy atom. The van der Waals surface area contributed by atoms with E-state index in [1.807, 2.05) is 0 Å². The van der Waals surface area contributed by atoms with Gasteiger partial charge in [0.1, 0.15) is 0 Å². The number of carbonyl (C=O) groups excluding carboxylic acids is 3. The molecule has 0 bridgehead atoms. The average molecular weight is 300 g/mol. The number of hydroxylamine groups is 1. The van der Waals surface area contributed by atoms with E-state index in [2.05, 4.69) is 10.2 Å². The van der Waals surface area contributed by atoms with Gasteiger partial charge in [0, 0.05) is 19.8 Å². The SMILES string of the molecule is CC(=O)ON(N)C(=O)CCC(=O)Nc1ccccc1Cl. The van der Waals surface area contributed by atoms with E-state index in [1.54, 1.807) is 24.3 Å². The fourth-order valence-corrected chi connectivity index (χ4v) is 1.48. The third-order valence-corrected chi connectivity index (χ3v) is 2.52. The molecule has 0 atom stereocenters. The zero-order chi connectivity index (χ0) is 15.1. The number of hydrazine groups is 1. The Bertz CT molecular complexity index is 521. The van der Waals surface area contributed by atoms with Crippen molar-refractivity contribution in [2.24, 2.45) is 5.84 Å². The Hall–Kier alpha value is -2.12. The molecule has 108 valence electrons. The molecule has 1 aromatic carbocycles. The Balaban J connectivity index is 2.42. The van der Waals surface area contributed by atoms with E-state index in [0.29, 0.717) is 15.9 Å². The third kappa shape index (κ3) is 5.25. The van der Waals surface area contributed by atoms with Crippen LogP contribution in [0, 0.1) is 0 Å². The second kappa shape index (κ2) is 7.46. The minimum atomic E-state index is -0.721. The lowest BCUT2D eigenvalue weighted by Gasteiger charge is -2.13. The minimum Gasteiger partial charge on any atom is -0.325 e. The first-order valence-electron chi connectivity index (χ1n) is 5.70. The molecule has 0 aliphatic carbocycles. The summed E-state index contributed by atoms with van der Waals surface area (Å²) in [6, 6.07) is 6.71. The number of carbonyl (C=O) groups is 3. The van der Waals surface area contributed by atoms with Crippen LogP contribution in [0.1, 0.15) is 19.8 Å². The number of anilines is 1. The summed E-state index contributed by atoms with van der Waals surface area (Å²) in [5, 5.41) is 3.26. The number of nitrogens with one attached hydrogen (secondary N) is 1. The molecule has 20 heavy (non-hydrogen) atoms. The van der Waals surface area contributed by atoms with E-state index in [-0.39, 0.29) is 12.8 Å². The predicted molar refractivity (Wildman–Crippen MR) is 72.1 cm³/mol. The summed E-state index contributed by atoms with van der Waals surface area (Å²) < 4.78 is 0. The molecule has 0 aliphatic heterocycles. The average Bonchev–Trinajstić information content (AvgIpc) is 2.38. The molecule has 0 saturated heterocycles. The van der Waals surface area contributed by atoms with Crippen molar-refractivity contribution in [3.05, 3.63) is 29.3 Å². The van der Waals surface area contributed by atoms with Gasteiger partial charge in [-0.25, -0.2) is 10.6 Å². The zero-order valence-corrected chi connectivity index (χ0v) is 11.5. The second-order valence-electron chi connectivity index (χ2n) is 3.83. The lowest BCUT2D eigenvalue weighted by atomic mass is 10.2. The molecule has 7 nitrogen and oxygen atoms in total. The van der Waals surface area contributed by atoms with Crippen molar-refractivity contribution in [1.29, 1.82) is 0 Å². The fourth-order valence-electron chi connectivity index (χ4n) is 1.30. The first kappa shape index (κ1) is 15.9. The van der Waals surface area contributed by atoms with E-state index >= 15 is 0 Å². The largest absolute Gasteiger partial charge is 0.331 e. The maximum absolute atomic E-state index is 11.6. The Morgan fingerprint density at radius 2 is 1.95 bits per heavy atom. The van der Waals surface area contributed by atoms with E-state index in [4.69, 9.17) is 17.4 Å². The Kier molecular flexibility index (Phi) is 5.95. The smallest absolute Gasteiger partial charge is 0.325 e. The van der Waals surface area contributed by atoms with Gasteiger partial charge in [-0.15, -0.1) is 5.17 Å². The molecule has 0 fully saturated rings. The summed E-state index contributed by atoms with van der Waals surface area (Å²) in [5.41, 5.74) is 0.455. The number of para-hydroxylation sites is 1. The normalized spacial score (nSPS) is 9.75. The lowest BCUT2D eigenvalue weighted by Crippen LogP contribution is -2.39. The van der Waals surface area contributed by atoms with Crippen LogP contribution < -0.4 is 11.2 Å². The molecular weight excluding hydrogens is 286 g/mol. The monoisotopic (exact) mass is 299 g/mol. The first-order valence-corrected chi connectivity index (χ1v) is 6.08. The van der Waals surface area contributed by atoms with E-state index in [9.17, 15) is 14.4 Å². The van der Waals surface area contributed by atoms with Crippen molar-refractivity contribution < 1.29 is 19.2 Å². The van der Waals surface area contributed by atoms with Gasteiger partial charge in [0.05, 0.1) is 10.7 Å². The van der Waals surface area contributed by atoms with Gasteiger partial charge >= 0.3 is 5.97 Å². The maximum Gasteiger partial charge on any atom is 0.331 e. The van der Waals surface area contributed by atoms with Gasteiger partial charge in [-0.2, -0.15) is 0 Å². The van der Waals surface area contributed by atoms with Crippen molar-refractivity contribution in [3.63, 3.8) is 0 Å². The maximum atomic E-state index is 11.6. The highest BCUT2D eigenvalue weighted by Crippen LogP contribution is 2.20. The molecule has 2 amide bonds. The molecule has 0 radical (unpaired) electrons. The van der Waals surface area contributed by atoms with Gasteiger partial charge < -0.3 is 10.2 Å². The number of hydrogen-bond donors (Lipinski definition) is 2. The quantitative estimate of drug-likeness (QED) is 0.495. The van der Waals surface area contributed by atoms with Crippen LogP contribution in [0.25, 0.3) is 0 Å². The summed E-state index contributed by atoms with van der Waals surface area (Å²) in [6.45, 7) is 1.11. The summed E-state index contributed by atoms with van der Waals surface area (Å²) >= 11 is 5.87. The van der Waals surface area contributed by atoms with Gasteiger partial charge in [-0.3, -0.25) is 9.59 Å². The highest BCUT2D eigenvalue weighted by Gasteiger charge is 2.15. The van der Waals surface area contributed by atoms with Gasteiger partial charge in [-0.05, 0) is 12.1 Å². The number of halogens is 1. The Labute approximate surface area is 120 Å². The highest BCUT2D eigenvalue weighted by molar-refractivity contribution is 6.33. The van der Waals surface area contributed by atoms with Crippen LogP contribution in [0.4, 0.5) is 5.69 Å². The van der Waals surface area contributed by atoms with Crippen molar-refractivity contribution in [2.45, 2.75) is 19.8 Å². The molecule has 0 spiro atoms. The molecule has 0 aromatic heterocycles. The molecule has 3 N–H and O–H groups in total. The highest BCUT2D eigenvalue weighted by atomic mass is 35.5. The van der Waals surface area contributed by atoms with Gasteiger partial charge in [-0.1, -0.05) is 23.7 Å². The molecule has 0 unspecified atom stereocenters. The van der Waals surface area contributed by atoms with Gasteiger partial charge in [0.2, 0.25) is 5.91 Å². The van der Waals surface area contributed by atoms with E-state index < -0.39 is 17.8 Å². The van der Waals surface area contributed by atoms with Crippen molar-refractivity contribution in [2.75, 3.05) is 5.32 Å². The third-order valence-electron chi connectivity index (χ3n) is 2.19. The number of rotatable bonds is 4. The molecular formula is C12H14ClN3O4. The van der Waals surface area contributed by atoms with E-state index in [0.717, 1.165) is 6.92 Å². The van der Waals surface area contributed by atoms with Crippen LogP contribution in [-0.4, -0.2) is 23.0 Å². The number of nitrogens with two attached hydrogens (primary N) is 1. The molecule has 0 aliphatic rings. The number of nitrogens with zero attached hydrogens (tertiary/aromatic N) is 1. The standard InChI is InChI=1S/C12H14ClN3O4/c1-8(17)20-16(14)12(19)7-6-11(18)15-10-5-3-2-4-9(10)13/h2-5H,6-7,14H2,1H3,(H,15,18). The van der Waals surface area contributed by atoms with Crippen LogP contribution in [0.3, 0.4) is 0 Å². The molecule has 8 heteroatoms. The number of amides is 2. The van der Waals surface area contributed by atoms with Crippen molar-refractivity contribution in [3.8, 4) is 0 Å². The summed E-state index contributed by atoms with van der Waals surface area (Å²) in [5.74, 6) is 3.36.